The lowest BCUT2D eigenvalue weighted by molar-refractivity contribution is -0.111. The summed E-state index contributed by atoms with van der Waals surface area (Å²) in [4.78, 5) is 19.0. The maximum absolute atomic E-state index is 11.5. The number of carbonyl (C=O) groups is 1. The van der Waals surface area contributed by atoms with Crippen molar-refractivity contribution in [1.29, 1.82) is 0 Å². The van der Waals surface area contributed by atoms with Gasteiger partial charge in [0.05, 0.1) is 6.26 Å². The van der Waals surface area contributed by atoms with Gasteiger partial charge in [-0.2, -0.15) is 0 Å². The lowest BCUT2D eigenvalue weighted by Gasteiger charge is -1.99. The molecule has 0 aromatic carbocycles. The first kappa shape index (κ1) is 11.3. The van der Waals surface area contributed by atoms with E-state index < -0.39 is 0 Å². The van der Waals surface area contributed by atoms with Gasteiger partial charge in [-0.1, -0.05) is 11.6 Å². The Balaban J connectivity index is 1.98. The highest BCUT2D eigenvalue weighted by Crippen LogP contribution is 2.08. The molecule has 0 saturated heterocycles. The highest BCUT2D eigenvalue weighted by Gasteiger charge is 2.00. The average Bonchev–Trinajstić information content (AvgIpc) is 2.79. The first-order valence-electron chi connectivity index (χ1n) is 4.74. The molecule has 0 aliphatic carbocycles. The van der Waals surface area contributed by atoms with Crippen LogP contribution in [0.3, 0.4) is 0 Å². The summed E-state index contributed by atoms with van der Waals surface area (Å²) >= 11 is 5.65. The van der Waals surface area contributed by atoms with E-state index in [2.05, 4.69) is 15.3 Å². The minimum Gasteiger partial charge on any atom is -0.465 e. The second-order valence-electron chi connectivity index (χ2n) is 3.06. The van der Waals surface area contributed by atoms with Gasteiger partial charge >= 0.3 is 0 Å². The fraction of sp³-hybridized carbons (Fsp3) is 0. The SMILES string of the molecule is O=C(/C=C/c1ccco1)Nc1cc(Cl)ncn1. The quantitative estimate of drug-likeness (QED) is 0.670. The Kier molecular flexibility index (Phi) is 3.52. The molecule has 0 radical (unpaired) electrons. The van der Waals surface area contributed by atoms with Crippen LogP contribution < -0.4 is 5.32 Å². The fourth-order valence-corrected chi connectivity index (χ4v) is 1.26. The van der Waals surface area contributed by atoms with Gasteiger partial charge < -0.3 is 9.73 Å². The minimum absolute atomic E-state index is 0.269. The average molecular weight is 250 g/mol. The van der Waals surface area contributed by atoms with Crippen molar-refractivity contribution < 1.29 is 9.21 Å². The Hall–Kier alpha value is -2.14. The zero-order chi connectivity index (χ0) is 12.1. The molecule has 0 bridgehead atoms. The molecule has 0 unspecified atom stereocenters. The number of carbonyl (C=O) groups excluding carboxylic acids is 1. The number of amides is 1. The van der Waals surface area contributed by atoms with E-state index in [1.54, 1.807) is 18.2 Å². The molecule has 0 atom stereocenters. The largest absolute Gasteiger partial charge is 0.465 e. The monoisotopic (exact) mass is 249 g/mol. The number of nitrogens with one attached hydrogen (secondary N) is 1. The molecule has 2 aromatic heterocycles. The maximum Gasteiger partial charge on any atom is 0.249 e. The normalized spacial score (nSPS) is 10.6. The second-order valence-corrected chi connectivity index (χ2v) is 3.45. The third kappa shape index (κ3) is 3.42. The number of aromatic nitrogens is 2. The first-order chi connectivity index (χ1) is 8.24. The molecule has 2 rings (SSSR count). The van der Waals surface area contributed by atoms with Crippen LogP contribution in [-0.2, 0) is 4.79 Å². The molecule has 0 saturated carbocycles. The highest BCUT2D eigenvalue weighted by atomic mass is 35.5. The summed E-state index contributed by atoms with van der Waals surface area (Å²) in [5, 5.41) is 2.81. The summed E-state index contributed by atoms with van der Waals surface area (Å²) in [5.41, 5.74) is 0. The predicted molar refractivity (Wildman–Crippen MR) is 63.4 cm³/mol. The van der Waals surface area contributed by atoms with Crippen molar-refractivity contribution in [1.82, 2.24) is 9.97 Å². The Morgan fingerprint density at radius 2 is 2.35 bits per heavy atom. The smallest absolute Gasteiger partial charge is 0.249 e. The third-order valence-electron chi connectivity index (χ3n) is 1.83. The maximum atomic E-state index is 11.5. The summed E-state index contributed by atoms with van der Waals surface area (Å²) in [6.07, 6.45) is 5.70. The van der Waals surface area contributed by atoms with Gasteiger partial charge in [-0.25, -0.2) is 9.97 Å². The van der Waals surface area contributed by atoms with E-state index in [0.717, 1.165) is 0 Å². The van der Waals surface area contributed by atoms with Crippen molar-refractivity contribution in [2.45, 2.75) is 0 Å². The van der Waals surface area contributed by atoms with E-state index in [9.17, 15) is 4.79 Å². The molecular weight excluding hydrogens is 242 g/mol. The molecular formula is C11H8ClN3O2. The summed E-state index contributed by atoms with van der Waals surface area (Å²) in [5.74, 6) is 0.621. The van der Waals surface area contributed by atoms with E-state index in [1.165, 1.54) is 24.7 Å². The lowest BCUT2D eigenvalue weighted by Crippen LogP contribution is -2.09. The molecule has 2 aromatic rings. The molecule has 0 aliphatic heterocycles. The van der Waals surface area contributed by atoms with Crippen molar-refractivity contribution in [2.75, 3.05) is 5.32 Å². The van der Waals surface area contributed by atoms with E-state index in [1.807, 2.05) is 0 Å². The molecule has 5 nitrogen and oxygen atoms in total. The van der Waals surface area contributed by atoms with Crippen molar-refractivity contribution in [2.24, 2.45) is 0 Å². The summed E-state index contributed by atoms with van der Waals surface area (Å²) in [7, 11) is 0. The Bertz CT molecular complexity index is 537. The number of nitrogens with zero attached hydrogens (tertiary/aromatic N) is 2. The topological polar surface area (TPSA) is 68.0 Å². The fourth-order valence-electron chi connectivity index (χ4n) is 1.11. The minimum atomic E-state index is -0.323. The molecule has 0 fully saturated rings. The number of hydrogen-bond acceptors (Lipinski definition) is 4. The molecule has 17 heavy (non-hydrogen) atoms. The summed E-state index contributed by atoms with van der Waals surface area (Å²) in [6.45, 7) is 0. The van der Waals surface area contributed by atoms with Crippen LogP contribution in [-0.4, -0.2) is 15.9 Å². The van der Waals surface area contributed by atoms with Gasteiger partial charge in [0, 0.05) is 12.1 Å². The van der Waals surface area contributed by atoms with Gasteiger partial charge in [0.15, 0.2) is 0 Å². The van der Waals surface area contributed by atoms with Crippen LogP contribution in [0.5, 0.6) is 0 Å². The van der Waals surface area contributed by atoms with E-state index in [4.69, 9.17) is 16.0 Å². The van der Waals surface area contributed by atoms with Crippen molar-refractivity contribution in [3.05, 3.63) is 47.8 Å². The van der Waals surface area contributed by atoms with Crippen LogP contribution in [0.25, 0.3) is 6.08 Å². The molecule has 1 N–H and O–H groups in total. The van der Waals surface area contributed by atoms with Crippen molar-refractivity contribution >= 4 is 29.4 Å². The summed E-state index contributed by atoms with van der Waals surface area (Å²) < 4.78 is 5.04. The first-order valence-corrected chi connectivity index (χ1v) is 5.12. The Morgan fingerprint density at radius 1 is 1.47 bits per heavy atom. The van der Waals surface area contributed by atoms with Crippen molar-refractivity contribution in [3.8, 4) is 0 Å². The highest BCUT2D eigenvalue weighted by molar-refractivity contribution is 6.29. The molecule has 0 spiro atoms. The molecule has 86 valence electrons. The van der Waals surface area contributed by atoms with Gasteiger partial charge in [0.25, 0.3) is 0 Å². The Labute approximate surface area is 102 Å². The Morgan fingerprint density at radius 3 is 3.06 bits per heavy atom. The second kappa shape index (κ2) is 5.27. The van der Waals surface area contributed by atoms with Crippen LogP contribution in [0.1, 0.15) is 5.76 Å². The van der Waals surface area contributed by atoms with Gasteiger partial charge in [-0.15, -0.1) is 0 Å². The molecule has 2 heterocycles. The zero-order valence-corrected chi connectivity index (χ0v) is 9.39. The van der Waals surface area contributed by atoms with Gasteiger partial charge in [-0.05, 0) is 18.2 Å². The van der Waals surface area contributed by atoms with Gasteiger partial charge in [0.2, 0.25) is 5.91 Å². The van der Waals surface area contributed by atoms with E-state index in [-0.39, 0.29) is 11.1 Å². The predicted octanol–water partition coefficient (Wildman–Crippen LogP) is 2.37. The molecule has 0 aliphatic rings. The number of furan rings is 1. The van der Waals surface area contributed by atoms with Crippen molar-refractivity contribution in [3.63, 3.8) is 0 Å². The van der Waals surface area contributed by atoms with Crippen LogP contribution in [0.4, 0.5) is 5.82 Å². The molecule has 1 amide bonds. The number of halogens is 1. The summed E-state index contributed by atoms with van der Waals surface area (Å²) in [6, 6.07) is 4.94. The zero-order valence-electron chi connectivity index (χ0n) is 8.63. The van der Waals surface area contributed by atoms with E-state index in [0.29, 0.717) is 11.6 Å². The van der Waals surface area contributed by atoms with E-state index >= 15 is 0 Å². The van der Waals surface area contributed by atoms with Crippen LogP contribution >= 0.6 is 11.6 Å². The van der Waals surface area contributed by atoms with Gasteiger partial charge in [-0.3, -0.25) is 4.79 Å². The van der Waals surface area contributed by atoms with Crippen LogP contribution in [0.15, 0.2) is 41.3 Å². The third-order valence-corrected chi connectivity index (χ3v) is 2.03. The standard InChI is InChI=1S/C11H8ClN3O2/c12-9-6-10(14-7-13-9)15-11(16)4-3-8-2-1-5-17-8/h1-7H,(H,13,14,15,16)/b4-3+. The lowest BCUT2D eigenvalue weighted by atomic mass is 10.4. The van der Waals surface area contributed by atoms with Crippen LogP contribution in [0.2, 0.25) is 5.15 Å². The number of rotatable bonds is 3. The van der Waals surface area contributed by atoms with Gasteiger partial charge in [0.1, 0.15) is 23.1 Å². The van der Waals surface area contributed by atoms with Crippen LogP contribution in [0, 0.1) is 0 Å². The molecule has 6 heteroatoms. The number of anilines is 1. The number of hydrogen-bond donors (Lipinski definition) is 1.